The molecule has 0 unspecified atom stereocenters. The smallest absolute Gasteiger partial charge is 0.175 e. The van der Waals surface area contributed by atoms with E-state index in [4.69, 9.17) is 15.2 Å². The average molecular weight is 300 g/mol. The van der Waals surface area contributed by atoms with Crippen LogP contribution in [-0.2, 0) is 5.41 Å². The van der Waals surface area contributed by atoms with E-state index in [1.165, 1.54) is 5.56 Å². The Morgan fingerprint density at radius 2 is 1.88 bits per heavy atom. The normalized spacial score (nSPS) is 16.8. The van der Waals surface area contributed by atoms with Crippen molar-refractivity contribution in [2.75, 3.05) is 20.8 Å². The molecule has 2 N–H and O–H groups in total. The number of ether oxygens (including phenoxy) is 2. The zero-order valence-electron chi connectivity index (χ0n) is 10.5. The van der Waals surface area contributed by atoms with E-state index in [9.17, 15) is 0 Å². The zero-order chi connectivity index (χ0) is 12.6. The van der Waals surface area contributed by atoms with Crippen LogP contribution in [0.4, 0.5) is 0 Å². The summed E-state index contributed by atoms with van der Waals surface area (Å²) < 4.78 is 11.8. The molecule has 2 rings (SSSR count). The topological polar surface area (TPSA) is 44.5 Å². The highest BCUT2D eigenvalue weighted by atomic mass is 79.9. The molecular weight excluding hydrogens is 282 g/mol. The molecule has 1 saturated carbocycles. The minimum Gasteiger partial charge on any atom is -0.493 e. The van der Waals surface area contributed by atoms with Crippen LogP contribution in [0.2, 0.25) is 0 Å². The molecule has 0 spiro atoms. The third-order valence-electron chi connectivity index (χ3n) is 3.66. The summed E-state index contributed by atoms with van der Waals surface area (Å²) in [5, 5.41) is 0. The fourth-order valence-corrected chi connectivity index (χ4v) is 2.99. The van der Waals surface area contributed by atoms with Crippen LogP contribution in [0.5, 0.6) is 11.5 Å². The summed E-state index contributed by atoms with van der Waals surface area (Å²) in [5.41, 5.74) is 8.47. The van der Waals surface area contributed by atoms with Gasteiger partial charge in [0.2, 0.25) is 0 Å². The maximum atomic E-state index is 5.89. The average Bonchev–Trinajstić information content (AvgIpc) is 3.11. The van der Waals surface area contributed by atoms with Gasteiger partial charge in [-0.05, 0) is 52.9 Å². The van der Waals surface area contributed by atoms with Gasteiger partial charge >= 0.3 is 0 Å². The molecule has 3 nitrogen and oxygen atoms in total. The van der Waals surface area contributed by atoms with Crippen LogP contribution in [0.1, 0.15) is 24.0 Å². The van der Waals surface area contributed by atoms with E-state index in [1.807, 2.05) is 0 Å². The molecule has 0 bridgehead atoms. The predicted molar refractivity (Wildman–Crippen MR) is 71.9 cm³/mol. The second kappa shape index (κ2) is 4.50. The van der Waals surface area contributed by atoms with Crippen molar-refractivity contribution >= 4 is 15.9 Å². The summed E-state index contributed by atoms with van der Waals surface area (Å²) in [6.07, 6.45) is 2.32. The predicted octanol–water partition coefficient (Wildman–Crippen LogP) is 2.77. The fourth-order valence-electron chi connectivity index (χ4n) is 2.42. The van der Waals surface area contributed by atoms with Gasteiger partial charge < -0.3 is 15.2 Å². The first-order chi connectivity index (χ1) is 8.09. The van der Waals surface area contributed by atoms with Crippen LogP contribution in [0.25, 0.3) is 0 Å². The summed E-state index contributed by atoms with van der Waals surface area (Å²) >= 11 is 3.54. The minimum absolute atomic E-state index is 0.159. The van der Waals surface area contributed by atoms with E-state index in [-0.39, 0.29) is 5.41 Å². The number of benzene rings is 1. The molecular formula is C13H18BrNO2. The van der Waals surface area contributed by atoms with E-state index in [2.05, 4.69) is 28.9 Å². The fraction of sp³-hybridized carbons (Fsp3) is 0.538. The molecule has 1 aliphatic carbocycles. The molecule has 17 heavy (non-hydrogen) atoms. The summed E-state index contributed by atoms with van der Waals surface area (Å²) in [6.45, 7) is 2.76. The van der Waals surface area contributed by atoms with Crippen molar-refractivity contribution in [3.63, 3.8) is 0 Å². The molecule has 0 heterocycles. The molecule has 0 radical (unpaired) electrons. The van der Waals surface area contributed by atoms with Gasteiger partial charge in [0.1, 0.15) is 0 Å². The van der Waals surface area contributed by atoms with Crippen molar-refractivity contribution in [3.05, 3.63) is 21.7 Å². The maximum Gasteiger partial charge on any atom is 0.175 e. The number of hydrogen-bond acceptors (Lipinski definition) is 3. The molecule has 1 aromatic carbocycles. The van der Waals surface area contributed by atoms with Gasteiger partial charge in [0.05, 0.1) is 18.7 Å². The van der Waals surface area contributed by atoms with Gasteiger partial charge in [0, 0.05) is 12.0 Å². The molecule has 94 valence electrons. The molecule has 0 aromatic heterocycles. The van der Waals surface area contributed by atoms with Crippen molar-refractivity contribution in [3.8, 4) is 11.5 Å². The molecule has 0 aliphatic heterocycles. The zero-order valence-corrected chi connectivity index (χ0v) is 12.1. The Morgan fingerprint density at radius 3 is 2.29 bits per heavy atom. The first-order valence-corrected chi connectivity index (χ1v) is 6.50. The lowest BCUT2D eigenvalue weighted by Gasteiger charge is -2.21. The molecule has 0 atom stereocenters. The number of nitrogens with two attached hydrogens (primary N) is 1. The third kappa shape index (κ3) is 1.93. The van der Waals surface area contributed by atoms with Gasteiger partial charge in [0.25, 0.3) is 0 Å². The van der Waals surface area contributed by atoms with Crippen LogP contribution in [-0.4, -0.2) is 20.8 Å². The van der Waals surface area contributed by atoms with Gasteiger partial charge in [-0.1, -0.05) is 0 Å². The van der Waals surface area contributed by atoms with Crippen LogP contribution < -0.4 is 15.2 Å². The lowest BCUT2D eigenvalue weighted by atomic mass is 9.91. The van der Waals surface area contributed by atoms with E-state index in [1.54, 1.807) is 14.2 Å². The molecule has 1 aliphatic rings. The second-order valence-corrected chi connectivity index (χ2v) is 5.44. The number of hydrogen-bond donors (Lipinski definition) is 1. The van der Waals surface area contributed by atoms with Gasteiger partial charge in [-0.2, -0.15) is 0 Å². The Morgan fingerprint density at radius 1 is 1.29 bits per heavy atom. The largest absolute Gasteiger partial charge is 0.493 e. The number of halogens is 1. The van der Waals surface area contributed by atoms with Crippen molar-refractivity contribution in [2.45, 2.75) is 25.2 Å². The summed E-state index contributed by atoms with van der Waals surface area (Å²) in [4.78, 5) is 0. The molecule has 1 fully saturated rings. The van der Waals surface area contributed by atoms with Crippen molar-refractivity contribution < 1.29 is 9.47 Å². The van der Waals surface area contributed by atoms with E-state index in [0.29, 0.717) is 6.54 Å². The van der Waals surface area contributed by atoms with Gasteiger partial charge in [-0.3, -0.25) is 0 Å². The van der Waals surface area contributed by atoms with Crippen molar-refractivity contribution in [1.29, 1.82) is 0 Å². The Balaban J connectivity index is 2.59. The molecule has 0 amide bonds. The van der Waals surface area contributed by atoms with Gasteiger partial charge in [-0.15, -0.1) is 0 Å². The van der Waals surface area contributed by atoms with Crippen LogP contribution in [0, 0.1) is 6.92 Å². The third-order valence-corrected chi connectivity index (χ3v) is 4.25. The van der Waals surface area contributed by atoms with Crippen LogP contribution in [0.3, 0.4) is 0 Å². The maximum absolute atomic E-state index is 5.89. The summed E-state index contributed by atoms with van der Waals surface area (Å²) in [5.74, 6) is 1.55. The number of rotatable bonds is 4. The lowest BCUT2D eigenvalue weighted by Crippen LogP contribution is -2.21. The molecule has 1 aromatic rings. The number of methoxy groups -OCH3 is 2. The first kappa shape index (κ1) is 12.7. The Labute approximate surface area is 110 Å². The van der Waals surface area contributed by atoms with E-state index in [0.717, 1.165) is 34.4 Å². The minimum atomic E-state index is 0.159. The van der Waals surface area contributed by atoms with Gasteiger partial charge in [0.15, 0.2) is 11.5 Å². The Bertz CT molecular complexity index is 442. The van der Waals surface area contributed by atoms with Crippen molar-refractivity contribution in [1.82, 2.24) is 0 Å². The highest BCUT2D eigenvalue weighted by molar-refractivity contribution is 9.10. The Hall–Kier alpha value is -0.740. The highest BCUT2D eigenvalue weighted by Gasteiger charge is 2.44. The van der Waals surface area contributed by atoms with Crippen LogP contribution >= 0.6 is 15.9 Å². The highest BCUT2D eigenvalue weighted by Crippen LogP contribution is 2.52. The lowest BCUT2D eigenvalue weighted by molar-refractivity contribution is 0.350. The molecule has 0 saturated heterocycles. The van der Waals surface area contributed by atoms with E-state index >= 15 is 0 Å². The summed E-state index contributed by atoms with van der Waals surface area (Å²) in [6, 6.07) is 2.12. The SMILES string of the molecule is COc1c(Br)cc(C2(CN)CC2)c(C)c1OC. The quantitative estimate of drug-likeness (QED) is 0.930. The van der Waals surface area contributed by atoms with E-state index < -0.39 is 0 Å². The van der Waals surface area contributed by atoms with Gasteiger partial charge in [-0.25, -0.2) is 0 Å². The monoisotopic (exact) mass is 299 g/mol. The van der Waals surface area contributed by atoms with Crippen molar-refractivity contribution in [2.24, 2.45) is 5.73 Å². The second-order valence-electron chi connectivity index (χ2n) is 4.58. The van der Waals surface area contributed by atoms with Crippen LogP contribution in [0.15, 0.2) is 10.5 Å². The first-order valence-electron chi connectivity index (χ1n) is 5.71. The summed E-state index contributed by atoms with van der Waals surface area (Å²) in [7, 11) is 3.32. The Kier molecular flexibility index (Phi) is 3.36. The molecule has 4 heteroatoms. The standard InChI is InChI=1S/C13H18BrNO2/c1-8-9(13(7-15)4-5-13)6-10(14)12(17-3)11(8)16-2/h6H,4-5,7,15H2,1-3H3.